The molecular formula is C15H14BrNO2S. The highest BCUT2D eigenvalue weighted by Crippen LogP contribution is 2.28. The Morgan fingerprint density at radius 1 is 1.35 bits per heavy atom. The normalized spacial score (nSPS) is 16.6. The van der Waals surface area contributed by atoms with E-state index in [1.165, 1.54) is 4.88 Å². The molecule has 0 fully saturated rings. The number of nitrogens with one attached hydrogen (secondary N) is 1. The summed E-state index contributed by atoms with van der Waals surface area (Å²) in [5.74, 6) is 0.798. The van der Waals surface area contributed by atoms with Crippen molar-refractivity contribution >= 4 is 33.2 Å². The second-order valence-corrected chi connectivity index (χ2v) is 7.21. The number of benzene rings is 1. The molecule has 2 heterocycles. The molecule has 0 saturated carbocycles. The number of amides is 1. The van der Waals surface area contributed by atoms with Gasteiger partial charge >= 0.3 is 0 Å². The van der Waals surface area contributed by atoms with Crippen LogP contribution in [0.4, 0.5) is 0 Å². The topological polar surface area (TPSA) is 38.3 Å². The number of rotatable bonds is 4. The molecule has 2 aromatic rings. The number of hydrogen-bond acceptors (Lipinski definition) is 3. The van der Waals surface area contributed by atoms with Gasteiger partial charge in [0.1, 0.15) is 5.75 Å². The lowest BCUT2D eigenvalue weighted by Gasteiger charge is -2.10. The number of fused-ring (bicyclic) bond motifs is 1. The number of para-hydroxylation sites is 1. The number of halogens is 1. The Morgan fingerprint density at radius 3 is 2.95 bits per heavy atom. The van der Waals surface area contributed by atoms with Crippen LogP contribution in [0.5, 0.6) is 5.75 Å². The van der Waals surface area contributed by atoms with E-state index in [0.717, 1.165) is 21.5 Å². The van der Waals surface area contributed by atoms with Crippen molar-refractivity contribution in [2.75, 3.05) is 6.54 Å². The standard InChI is InChI=1S/C15H14BrNO2S/c16-14-6-5-11(20-14)7-8-17-15(18)13-9-10-3-1-2-4-12(10)19-13/h1-6,13H,7-9H2,(H,17,18). The van der Waals surface area contributed by atoms with Gasteiger partial charge in [-0.05, 0) is 46.1 Å². The van der Waals surface area contributed by atoms with Crippen LogP contribution < -0.4 is 10.1 Å². The van der Waals surface area contributed by atoms with Crippen LogP contribution in [0.25, 0.3) is 0 Å². The molecule has 1 aliphatic heterocycles. The Balaban J connectivity index is 1.49. The fourth-order valence-electron chi connectivity index (χ4n) is 2.24. The van der Waals surface area contributed by atoms with Gasteiger partial charge in [0, 0.05) is 17.8 Å². The van der Waals surface area contributed by atoms with Crippen molar-refractivity contribution in [2.45, 2.75) is 18.9 Å². The maximum Gasteiger partial charge on any atom is 0.261 e. The van der Waals surface area contributed by atoms with E-state index < -0.39 is 0 Å². The predicted octanol–water partition coefficient (Wildman–Crippen LogP) is 3.17. The number of carbonyl (C=O) groups excluding carboxylic acids is 1. The van der Waals surface area contributed by atoms with Gasteiger partial charge in [-0.25, -0.2) is 0 Å². The number of ether oxygens (including phenoxy) is 1. The van der Waals surface area contributed by atoms with Gasteiger partial charge in [0.05, 0.1) is 3.79 Å². The van der Waals surface area contributed by atoms with Gasteiger partial charge in [-0.1, -0.05) is 18.2 Å². The molecule has 0 spiro atoms. The monoisotopic (exact) mass is 351 g/mol. The smallest absolute Gasteiger partial charge is 0.261 e. The lowest BCUT2D eigenvalue weighted by Crippen LogP contribution is -2.38. The van der Waals surface area contributed by atoms with Crippen molar-refractivity contribution < 1.29 is 9.53 Å². The second-order valence-electron chi connectivity index (χ2n) is 4.67. The van der Waals surface area contributed by atoms with Crippen LogP contribution in [0.15, 0.2) is 40.2 Å². The Kier molecular flexibility index (Phi) is 4.08. The van der Waals surface area contributed by atoms with Gasteiger partial charge in [-0.15, -0.1) is 11.3 Å². The van der Waals surface area contributed by atoms with Gasteiger partial charge in [-0.2, -0.15) is 0 Å². The van der Waals surface area contributed by atoms with Crippen molar-refractivity contribution in [3.05, 3.63) is 50.6 Å². The third-order valence-corrected chi connectivity index (χ3v) is 4.92. The Hall–Kier alpha value is -1.33. The highest BCUT2D eigenvalue weighted by molar-refractivity contribution is 9.11. The molecule has 5 heteroatoms. The zero-order valence-electron chi connectivity index (χ0n) is 10.8. The second kappa shape index (κ2) is 5.97. The van der Waals surface area contributed by atoms with Crippen LogP contribution in [-0.2, 0) is 17.6 Å². The molecular weight excluding hydrogens is 338 g/mol. The van der Waals surface area contributed by atoms with Crippen molar-refractivity contribution in [1.29, 1.82) is 0 Å². The Bertz CT molecular complexity index is 601. The first-order valence-electron chi connectivity index (χ1n) is 6.49. The van der Waals surface area contributed by atoms with E-state index in [4.69, 9.17) is 4.74 Å². The van der Waals surface area contributed by atoms with Gasteiger partial charge in [0.15, 0.2) is 6.10 Å². The first-order chi connectivity index (χ1) is 9.72. The molecule has 0 saturated heterocycles. The first-order valence-corrected chi connectivity index (χ1v) is 8.10. The van der Waals surface area contributed by atoms with Crippen molar-refractivity contribution in [3.63, 3.8) is 0 Å². The third kappa shape index (κ3) is 3.04. The Morgan fingerprint density at radius 2 is 2.20 bits per heavy atom. The molecule has 1 aromatic carbocycles. The molecule has 3 rings (SSSR count). The predicted molar refractivity (Wildman–Crippen MR) is 83.3 cm³/mol. The number of thiophene rings is 1. The molecule has 1 atom stereocenters. The highest BCUT2D eigenvalue weighted by atomic mass is 79.9. The fourth-order valence-corrected chi connectivity index (χ4v) is 3.72. The molecule has 0 radical (unpaired) electrons. The number of carbonyl (C=O) groups is 1. The average Bonchev–Trinajstić information content (AvgIpc) is 3.04. The SMILES string of the molecule is O=C(NCCc1ccc(Br)s1)C1Cc2ccccc2O1. The molecule has 1 N–H and O–H groups in total. The zero-order chi connectivity index (χ0) is 13.9. The first kappa shape index (κ1) is 13.6. The lowest BCUT2D eigenvalue weighted by atomic mass is 10.1. The van der Waals surface area contributed by atoms with Gasteiger partial charge in [0.2, 0.25) is 0 Å². The van der Waals surface area contributed by atoms with Crippen LogP contribution >= 0.6 is 27.3 Å². The van der Waals surface area contributed by atoms with E-state index in [1.807, 2.05) is 30.3 Å². The molecule has 1 aromatic heterocycles. The fraction of sp³-hybridized carbons (Fsp3) is 0.267. The molecule has 1 unspecified atom stereocenters. The summed E-state index contributed by atoms with van der Waals surface area (Å²) in [5.41, 5.74) is 1.11. The summed E-state index contributed by atoms with van der Waals surface area (Å²) < 4.78 is 6.78. The summed E-state index contributed by atoms with van der Waals surface area (Å²) in [5, 5.41) is 2.94. The summed E-state index contributed by atoms with van der Waals surface area (Å²) in [4.78, 5) is 13.3. The van der Waals surface area contributed by atoms with Crippen molar-refractivity contribution in [3.8, 4) is 5.75 Å². The van der Waals surface area contributed by atoms with Crippen LogP contribution in [-0.4, -0.2) is 18.6 Å². The van der Waals surface area contributed by atoms with E-state index >= 15 is 0 Å². The van der Waals surface area contributed by atoms with Crippen LogP contribution in [0, 0.1) is 0 Å². The highest BCUT2D eigenvalue weighted by Gasteiger charge is 2.28. The largest absolute Gasteiger partial charge is 0.480 e. The number of hydrogen-bond donors (Lipinski definition) is 1. The summed E-state index contributed by atoms with van der Waals surface area (Å²) >= 11 is 5.13. The minimum Gasteiger partial charge on any atom is -0.480 e. The minimum atomic E-state index is -0.387. The maximum absolute atomic E-state index is 12.1. The van der Waals surface area contributed by atoms with E-state index in [9.17, 15) is 4.79 Å². The van der Waals surface area contributed by atoms with Crippen molar-refractivity contribution in [1.82, 2.24) is 5.32 Å². The third-order valence-electron chi connectivity index (χ3n) is 3.24. The van der Waals surface area contributed by atoms with Crippen molar-refractivity contribution in [2.24, 2.45) is 0 Å². The molecule has 104 valence electrons. The van der Waals surface area contributed by atoms with Gasteiger partial charge in [0.25, 0.3) is 5.91 Å². The van der Waals surface area contributed by atoms with E-state index in [0.29, 0.717) is 13.0 Å². The molecule has 0 aliphatic carbocycles. The zero-order valence-corrected chi connectivity index (χ0v) is 13.2. The molecule has 0 bridgehead atoms. The minimum absolute atomic E-state index is 0.0307. The quantitative estimate of drug-likeness (QED) is 0.918. The van der Waals surface area contributed by atoms with E-state index in [1.54, 1.807) is 11.3 Å². The summed E-state index contributed by atoms with van der Waals surface area (Å²) in [7, 11) is 0. The maximum atomic E-state index is 12.1. The van der Waals surface area contributed by atoms with Crippen LogP contribution in [0.3, 0.4) is 0 Å². The molecule has 3 nitrogen and oxygen atoms in total. The summed E-state index contributed by atoms with van der Waals surface area (Å²) in [6.45, 7) is 0.641. The summed E-state index contributed by atoms with van der Waals surface area (Å²) in [6, 6.07) is 11.9. The molecule has 20 heavy (non-hydrogen) atoms. The Labute approximate surface area is 130 Å². The molecule has 1 aliphatic rings. The van der Waals surface area contributed by atoms with Gasteiger partial charge < -0.3 is 10.1 Å². The average molecular weight is 352 g/mol. The van der Waals surface area contributed by atoms with E-state index in [2.05, 4.69) is 27.3 Å². The lowest BCUT2D eigenvalue weighted by molar-refractivity contribution is -0.127. The van der Waals surface area contributed by atoms with Crippen LogP contribution in [0.2, 0.25) is 0 Å². The molecule has 1 amide bonds. The summed E-state index contributed by atoms with van der Waals surface area (Å²) in [6.07, 6.45) is 1.12. The van der Waals surface area contributed by atoms with Crippen LogP contribution in [0.1, 0.15) is 10.4 Å². The van der Waals surface area contributed by atoms with E-state index in [-0.39, 0.29) is 12.0 Å². The van der Waals surface area contributed by atoms with Gasteiger partial charge in [-0.3, -0.25) is 4.79 Å².